The first-order valence-corrected chi connectivity index (χ1v) is 11.3. The van der Waals surface area contributed by atoms with Gasteiger partial charge in [0.15, 0.2) is 5.76 Å². The van der Waals surface area contributed by atoms with Crippen LogP contribution in [0.1, 0.15) is 42.5 Å². The molecular weight excluding hydrogens is 384 g/mol. The van der Waals surface area contributed by atoms with E-state index in [1.165, 1.54) is 23.3 Å². The summed E-state index contributed by atoms with van der Waals surface area (Å²) in [6.07, 6.45) is 0. The summed E-state index contributed by atoms with van der Waals surface area (Å²) in [4.78, 5) is 12.1. The number of thioether (sulfide) groups is 1. The highest BCUT2D eigenvalue weighted by Crippen LogP contribution is 2.17. The van der Waals surface area contributed by atoms with Gasteiger partial charge in [-0.3, -0.25) is 4.79 Å². The second-order valence-electron chi connectivity index (χ2n) is 7.27. The van der Waals surface area contributed by atoms with Crippen LogP contribution in [0.2, 0.25) is 0 Å². The predicted octanol–water partition coefficient (Wildman–Crippen LogP) is 3.33. The van der Waals surface area contributed by atoms with Crippen LogP contribution in [0.4, 0.5) is 0 Å². The Morgan fingerprint density at radius 1 is 1.11 bits per heavy atom. The van der Waals surface area contributed by atoms with Crippen LogP contribution in [-0.4, -0.2) is 32.2 Å². The van der Waals surface area contributed by atoms with Gasteiger partial charge in [0.05, 0.1) is 0 Å². The van der Waals surface area contributed by atoms with Crippen molar-refractivity contribution >= 4 is 27.7 Å². The molecular formula is C19H26N2O4S2. The van der Waals surface area contributed by atoms with Gasteiger partial charge in [0, 0.05) is 23.6 Å². The van der Waals surface area contributed by atoms with Crippen molar-refractivity contribution in [3.05, 3.63) is 53.3 Å². The molecule has 148 valence electrons. The lowest BCUT2D eigenvalue weighted by molar-refractivity contribution is 0.0923. The summed E-state index contributed by atoms with van der Waals surface area (Å²) in [7, 11) is -3.79. The van der Waals surface area contributed by atoms with Crippen LogP contribution in [0.15, 0.2) is 45.9 Å². The fraction of sp³-hybridized carbons (Fsp3) is 0.421. The Balaban J connectivity index is 1.79. The number of rotatable bonds is 8. The molecule has 0 saturated carbocycles. The molecule has 0 aliphatic rings. The maximum absolute atomic E-state index is 12.2. The van der Waals surface area contributed by atoms with Crippen molar-refractivity contribution in [3.63, 3.8) is 0 Å². The first kappa shape index (κ1) is 21.5. The summed E-state index contributed by atoms with van der Waals surface area (Å²) in [5, 5.41) is 2.47. The van der Waals surface area contributed by atoms with Gasteiger partial charge >= 0.3 is 0 Å². The smallest absolute Gasteiger partial charge is 0.287 e. The number of carbonyl (C=O) groups excluding carboxylic acids is 1. The lowest BCUT2D eigenvalue weighted by Crippen LogP contribution is -2.40. The summed E-state index contributed by atoms with van der Waals surface area (Å²) in [5.74, 6) is 1.17. The summed E-state index contributed by atoms with van der Waals surface area (Å²) in [5.41, 5.74) is 1.83. The average molecular weight is 411 g/mol. The molecule has 1 aromatic heterocycles. The van der Waals surface area contributed by atoms with Crippen LogP contribution in [0.3, 0.4) is 0 Å². The van der Waals surface area contributed by atoms with E-state index in [-0.39, 0.29) is 10.9 Å². The molecule has 1 amide bonds. The summed E-state index contributed by atoms with van der Waals surface area (Å²) in [6.45, 7) is 7.72. The van der Waals surface area contributed by atoms with Crippen molar-refractivity contribution in [2.45, 2.75) is 44.1 Å². The number of furan rings is 1. The highest BCUT2D eigenvalue weighted by atomic mass is 32.2. The molecule has 0 unspecified atom stereocenters. The van der Waals surface area contributed by atoms with Gasteiger partial charge in [0.2, 0.25) is 5.09 Å². The van der Waals surface area contributed by atoms with Gasteiger partial charge < -0.3 is 9.73 Å². The molecule has 2 rings (SSSR count). The minimum atomic E-state index is -3.79. The summed E-state index contributed by atoms with van der Waals surface area (Å²) < 4.78 is 32.1. The molecule has 0 aliphatic carbocycles. The number of sulfonamides is 1. The predicted molar refractivity (Wildman–Crippen MR) is 108 cm³/mol. The van der Waals surface area contributed by atoms with Crippen LogP contribution in [0, 0.1) is 6.92 Å². The number of nitrogens with one attached hydrogen (secondary N) is 2. The lowest BCUT2D eigenvalue weighted by Gasteiger charge is -2.18. The number of carbonyl (C=O) groups is 1. The Morgan fingerprint density at radius 2 is 1.78 bits per heavy atom. The maximum Gasteiger partial charge on any atom is 0.287 e. The Hall–Kier alpha value is -1.77. The summed E-state index contributed by atoms with van der Waals surface area (Å²) in [6, 6.07) is 11.0. The number of benzene rings is 1. The number of hydrogen-bond acceptors (Lipinski definition) is 5. The van der Waals surface area contributed by atoms with E-state index in [1.807, 2.05) is 0 Å². The lowest BCUT2D eigenvalue weighted by atomic mass is 10.1. The Morgan fingerprint density at radius 3 is 2.41 bits per heavy atom. The zero-order valence-corrected chi connectivity index (χ0v) is 17.7. The first-order valence-electron chi connectivity index (χ1n) is 8.62. The molecule has 0 spiro atoms. The van der Waals surface area contributed by atoms with E-state index in [2.05, 4.69) is 41.2 Å². The van der Waals surface area contributed by atoms with Gasteiger partial charge in [-0.15, -0.1) is 0 Å². The Labute approximate surface area is 165 Å². The van der Waals surface area contributed by atoms with Crippen LogP contribution >= 0.6 is 11.8 Å². The van der Waals surface area contributed by atoms with Gasteiger partial charge in [-0.2, -0.15) is 11.8 Å². The molecule has 2 N–H and O–H groups in total. The second kappa shape index (κ2) is 8.95. The third-order valence-corrected chi connectivity index (χ3v) is 6.09. The Bertz CT molecular complexity index is 866. The standard InChI is InChI=1S/C19H26N2O4S2/c1-14-5-7-15(8-6-14)13-26-12-11-20-18(22)16-9-10-17(25-16)27(23,24)21-19(2,3)4/h5-10,21H,11-13H2,1-4H3,(H,20,22). The molecule has 0 bridgehead atoms. The van der Waals surface area contributed by atoms with E-state index in [0.717, 1.165) is 11.5 Å². The van der Waals surface area contributed by atoms with E-state index in [9.17, 15) is 13.2 Å². The molecule has 0 saturated heterocycles. The quantitative estimate of drug-likeness (QED) is 0.652. The van der Waals surface area contributed by atoms with Crippen molar-refractivity contribution < 1.29 is 17.6 Å². The van der Waals surface area contributed by atoms with Crippen molar-refractivity contribution in [2.24, 2.45) is 0 Å². The monoisotopic (exact) mass is 410 g/mol. The highest BCUT2D eigenvalue weighted by molar-refractivity contribution is 7.98. The third-order valence-electron chi connectivity index (χ3n) is 3.43. The minimum absolute atomic E-state index is 0.0205. The van der Waals surface area contributed by atoms with E-state index in [0.29, 0.717) is 6.54 Å². The van der Waals surface area contributed by atoms with Crippen LogP contribution in [-0.2, 0) is 15.8 Å². The van der Waals surface area contributed by atoms with E-state index < -0.39 is 21.5 Å². The van der Waals surface area contributed by atoms with Crippen molar-refractivity contribution in [1.82, 2.24) is 10.0 Å². The van der Waals surface area contributed by atoms with Crippen LogP contribution in [0.25, 0.3) is 0 Å². The SMILES string of the molecule is Cc1ccc(CSCCNC(=O)c2ccc(S(=O)(=O)NC(C)(C)C)o2)cc1. The first-order chi connectivity index (χ1) is 12.6. The molecule has 6 nitrogen and oxygen atoms in total. The largest absolute Gasteiger partial charge is 0.438 e. The fourth-order valence-corrected chi connectivity index (χ4v) is 4.41. The van der Waals surface area contributed by atoms with Crippen LogP contribution < -0.4 is 10.0 Å². The van der Waals surface area contributed by atoms with Gasteiger partial charge in [-0.05, 0) is 45.4 Å². The van der Waals surface area contributed by atoms with Gasteiger partial charge in [-0.1, -0.05) is 29.8 Å². The molecule has 0 atom stereocenters. The molecule has 2 aromatic rings. The van der Waals surface area contributed by atoms with Gasteiger partial charge in [0.1, 0.15) is 0 Å². The normalized spacial score (nSPS) is 12.1. The number of hydrogen-bond donors (Lipinski definition) is 2. The third kappa shape index (κ3) is 7.04. The van der Waals surface area contributed by atoms with Crippen molar-refractivity contribution in [2.75, 3.05) is 12.3 Å². The van der Waals surface area contributed by atoms with Gasteiger partial charge in [-0.25, -0.2) is 13.1 Å². The van der Waals surface area contributed by atoms with Crippen molar-refractivity contribution in [1.29, 1.82) is 0 Å². The highest BCUT2D eigenvalue weighted by Gasteiger charge is 2.26. The van der Waals surface area contributed by atoms with E-state index >= 15 is 0 Å². The average Bonchev–Trinajstić information content (AvgIpc) is 3.05. The van der Waals surface area contributed by atoms with Crippen LogP contribution in [0.5, 0.6) is 0 Å². The minimum Gasteiger partial charge on any atom is -0.438 e. The zero-order chi connectivity index (χ0) is 20.1. The topological polar surface area (TPSA) is 88.4 Å². The zero-order valence-electron chi connectivity index (χ0n) is 16.0. The van der Waals surface area contributed by atoms with E-state index in [4.69, 9.17) is 4.42 Å². The molecule has 0 fully saturated rings. The maximum atomic E-state index is 12.2. The Kier molecular flexibility index (Phi) is 7.13. The van der Waals surface area contributed by atoms with E-state index in [1.54, 1.807) is 32.5 Å². The fourth-order valence-electron chi connectivity index (χ4n) is 2.24. The second-order valence-corrected chi connectivity index (χ2v) is 9.99. The molecule has 0 aliphatic heterocycles. The number of amides is 1. The molecule has 27 heavy (non-hydrogen) atoms. The summed E-state index contributed by atoms with van der Waals surface area (Å²) >= 11 is 1.71. The van der Waals surface area contributed by atoms with Crippen molar-refractivity contribution in [3.8, 4) is 0 Å². The number of aryl methyl sites for hydroxylation is 1. The van der Waals surface area contributed by atoms with Gasteiger partial charge in [0.25, 0.3) is 15.9 Å². The molecule has 1 aromatic carbocycles. The molecule has 0 radical (unpaired) electrons. The molecule has 1 heterocycles. The molecule has 8 heteroatoms.